The Morgan fingerprint density at radius 3 is 2.95 bits per heavy atom. The van der Waals surface area contributed by atoms with E-state index < -0.39 is 5.91 Å². The van der Waals surface area contributed by atoms with Crippen molar-refractivity contribution in [2.24, 2.45) is 5.84 Å². The van der Waals surface area contributed by atoms with Crippen LogP contribution in [0.4, 0.5) is 0 Å². The Balaban J connectivity index is 1.97. The van der Waals surface area contributed by atoms with E-state index in [1.807, 2.05) is 0 Å². The molecule has 100 valence electrons. The maximum atomic E-state index is 11.5. The van der Waals surface area contributed by atoms with Crippen molar-refractivity contribution in [3.05, 3.63) is 47.2 Å². The first-order valence-electron chi connectivity index (χ1n) is 5.61. The van der Waals surface area contributed by atoms with Crippen LogP contribution in [0.25, 0.3) is 0 Å². The molecular weight excluding hydrogens is 268 g/mol. The lowest BCUT2D eigenvalue weighted by atomic mass is 10.2. The second kappa shape index (κ2) is 6.21. The molecule has 0 atom stereocenters. The minimum atomic E-state index is -0.391. The van der Waals surface area contributed by atoms with E-state index in [2.05, 4.69) is 10.5 Å². The third-order valence-electron chi connectivity index (χ3n) is 2.44. The molecule has 0 bridgehead atoms. The van der Waals surface area contributed by atoms with E-state index >= 15 is 0 Å². The molecule has 2 aromatic rings. The number of hydrazine groups is 1. The molecule has 0 aliphatic carbocycles. The van der Waals surface area contributed by atoms with Crippen molar-refractivity contribution in [1.29, 1.82) is 0 Å². The fourth-order valence-electron chi connectivity index (χ4n) is 1.57. The number of hydrogen-bond donors (Lipinski definition) is 2. The maximum absolute atomic E-state index is 11.5. The van der Waals surface area contributed by atoms with Gasteiger partial charge in [0.15, 0.2) is 0 Å². The number of para-hydroxylation sites is 1. The van der Waals surface area contributed by atoms with Crippen LogP contribution >= 0.6 is 11.6 Å². The highest BCUT2D eigenvalue weighted by atomic mass is 35.5. The van der Waals surface area contributed by atoms with Gasteiger partial charge in [-0.2, -0.15) is 5.10 Å². The van der Waals surface area contributed by atoms with Crippen molar-refractivity contribution in [1.82, 2.24) is 15.2 Å². The topological polar surface area (TPSA) is 82.2 Å². The standard InChI is InChI=1S/C12H13ClN4O2/c13-9-7-15-17(8-9)5-6-19-11-4-2-1-3-10(11)12(18)16-14/h1-4,7-8H,5-6,14H2,(H,16,18). The Kier molecular flexibility index (Phi) is 4.38. The van der Waals surface area contributed by atoms with E-state index in [0.29, 0.717) is 29.5 Å². The van der Waals surface area contributed by atoms with E-state index in [4.69, 9.17) is 22.2 Å². The van der Waals surface area contributed by atoms with Gasteiger partial charge in [-0.05, 0) is 12.1 Å². The third-order valence-corrected chi connectivity index (χ3v) is 2.64. The van der Waals surface area contributed by atoms with Gasteiger partial charge in [-0.3, -0.25) is 14.9 Å². The van der Waals surface area contributed by atoms with Gasteiger partial charge < -0.3 is 4.74 Å². The molecule has 1 aromatic carbocycles. The second-order valence-electron chi connectivity index (χ2n) is 3.74. The fraction of sp³-hybridized carbons (Fsp3) is 0.167. The molecule has 2 rings (SSSR count). The monoisotopic (exact) mass is 280 g/mol. The van der Waals surface area contributed by atoms with Gasteiger partial charge >= 0.3 is 0 Å². The van der Waals surface area contributed by atoms with Crippen LogP contribution in [0.3, 0.4) is 0 Å². The number of benzene rings is 1. The number of amides is 1. The summed E-state index contributed by atoms with van der Waals surface area (Å²) in [6.07, 6.45) is 3.25. The zero-order valence-corrected chi connectivity index (χ0v) is 10.8. The molecule has 0 radical (unpaired) electrons. The van der Waals surface area contributed by atoms with E-state index in [9.17, 15) is 4.79 Å². The number of halogens is 1. The van der Waals surface area contributed by atoms with Crippen LogP contribution in [0.1, 0.15) is 10.4 Å². The Morgan fingerprint density at radius 2 is 2.26 bits per heavy atom. The van der Waals surface area contributed by atoms with Gasteiger partial charge in [0.25, 0.3) is 5.91 Å². The molecule has 0 saturated carbocycles. The van der Waals surface area contributed by atoms with Crippen LogP contribution in [0.5, 0.6) is 5.75 Å². The summed E-state index contributed by atoms with van der Waals surface area (Å²) in [4.78, 5) is 11.5. The zero-order valence-electron chi connectivity index (χ0n) is 10.0. The van der Waals surface area contributed by atoms with Crippen LogP contribution in [-0.2, 0) is 6.54 Å². The molecular formula is C12H13ClN4O2. The smallest absolute Gasteiger partial charge is 0.268 e. The van der Waals surface area contributed by atoms with Crippen LogP contribution in [0.15, 0.2) is 36.7 Å². The van der Waals surface area contributed by atoms with Gasteiger partial charge in [-0.15, -0.1) is 0 Å². The van der Waals surface area contributed by atoms with Gasteiger partial charge in [-0.1, -0.05) is 23.7 Å². The van der Waals surface area contributed by atoms with E-state index in [-0.39, 0.29) is 0 Å². The number of nitrogens with one attached hydrogen (secondary N) is 1. The Hall–Kier alpha value is -2.05. The van der Waals surface area contributed by atoms with E-state index in [1.165, 1.54) is 0 Å². The maximum Gasteiger partial charge on any atom is 0.268 e. The summed E-state index contributed by atoms with van der Waals surface area (Å²) in [6.45, 7) is 0.901. The third kappa shape index (κ3) is 3.46. The summed E-state index contributed by atoms with van der Waals surface area (Å²) in [7, 11) is 0. The van der Waals surface area contributed by atoms with E-state index in [0.717, 1.165) is 0 Å². The van der Waals surface area contributed by atoms with Crippen molar-refractivity contribution < 1.29 is 9.53 Å². The van der Waals surface area contributed by atoms with Gasteiger partial charge in [0, 0.05) is 6.20 Å². The van der Waals surface area contributed by atoms with Gasteiger partial charge in [-0.25, -0.2) is 5.84 Å². The molecule has 1 heterocycles. The Bertz CT molecular complexity index is 570. The highest BCUT2D eigenvalue weighted by molar-refractivity contribution is 6.30. The molecule has 0 fully saturated rings. The molecule has 1 aromatic heterocycles. The predicted octanol–water partition coefficient (Wildman–Crippen LogP) is 1.22. The summed E-state index contributed by atoms with van der Waals surface area (Å²) >= 11 is 5.75. The van der Waals surface area contributed by atoms with Crippen LogP contribution in [0.2, 0.25) is 5.02 Å². The minimum Gasteiger partial charge on any atom is -0.491 e. The summed E-state index contributed by atoms with van der Waals surface area (Å²) < 4.78 is 7.21. The summed E-state index contributed by atoms with van der Waals surface area (Å²) in [5.41, 5.74) is 2.47. The van der Waals surface area contributed by atoms with E-state index in [1.54, 1.807) is 41.3 Å². The highest BCUT2D eigenvalue weighted by Gasteiger charge is 2.10. The molecule has 3 N–H and O–H groups in total. The molecule has 1 amide bonds. The quantitative estimate of drug-likeness (QED) is 0.490. The van der Waals surface area contributed by atoms with Crippen molar-refractivity contribution >= 4 is 17.5 Å². The molecule has 7 heteroatoms. The normalized spacial score (nSPS) is 10.2. The molecule has 0 unspecified atom stereocenters. The predicted molar refractivity (Wildman–Crippen MR) is 70.8 cm³/mol. The Labute approximate surface area is 115 Å². The second-order valence-corrected chi connectivity index (χ2v) is 4.18. The average molecular weight is 281 g/mol. The number of nitrogens with zero attached hydrogens (tertiary/aromatic N) is 2. The fourth-order valence-corrected chi connectivity index (χ4v) is 1.72. The lowest BCUT2D eigenvalue weighted by Gasteiger charge is -2.10. The zero-order chi connectivity index (χ0) is 13.7. The molecule has 0 aliphatic rings. The summed E-state index contributed by atoms with van der Waals surface area (Å²) in [5.74, 6) is 5.20. The number of hydrogen-bond acceptors (Lipinski definition) is 4. The summed E-state index contributed by atoms with van der Waals surface area (Å²) in [5, 5.41) is 4.60. The highest BCUT2D eigenvalue weighted by Crippen LogP contribution is 2.17. The summed E-state index contributed by atoms with van der Waals surface area (Å²) in [6, 6.07) is 6.88. The van der Waals surface area contributed by atoms with Crippen molar-refractivity contribution in [2.75, 3.05) is 6.61 Å². The number of ether oxygens (including phenoxy) is 1. The first-order valence-corrected chi connectivity index (χ1v) is 5.99. The number of carbonyl (C=O) groups excluding carboxylic acids is 1. The number of nitrogens with two attached hydrogens (primary N) is 1. The average Bonchev–Trinajstić information content (AvgIpc) is 2.84. The Morgan fingerprint density at radius 1 is 1.47 bits per heavy atom. The van der Waals surface area contributed by atoms with Gasteiger partial charge in [0.2, 0.25) is 0 Å². The molecule has 0 saturated heterocycles. The number of rotatable bonds is 5. The minimum absolute atomic E-state index is 0.368. The molecule has 0 spiro atoms. The first-order chi connectivity index (χ1) is 9.20. The molecule has 6 nitrogen and oxygen atoms in total. The number of carbonyl (C=O) groups is 1. The van der Waals surface area contributed by atoms with Crippen LogP contribution < -0.4 is 16.0 Å². The SMILES string of the molecule is NNC(=O)c1ccccc1OCCn1cc(Cl)cn1. The van der Waals surface area contributed by atoms with Crippen molar-refractivity contribution in [3.8, 4) is 5.75 Å². The van der Waals surface area contributed by atoms with Gasteiger partial charge in [0.1, 0.15) is 12.4 Å². The van der Waals surface area contributed by atoms with Crippen LogP contribution in [-0.4, -0.2) is 22.3 Å². The number of aromatic nitrogens is 2. The lowest BCUT2D eigenvalue weighted by Crippen LogP contribution is -2.30. The van der Waals surface area contributed by atoms with Crippen molar-refractivity contribution in [2.45, 2.75) is 6.54 Å². The number of nitrogen functional groups attached to an aromatic ring is 1. The van der Waals surface area contributed by atoms with Gasteiger partial charge in [0.05, 0.1) is 23.3 Å². The van der Waals surface area contributed by atoms with Crippen molar-refractivity contribution in [3.63, 3.8) is 0 Å². The molecule has 19 heavy (non-hydrogen) atoms. The lowest BCUT2D eigenvalue weighted by molar-refractivity contribution is 0.0949. The van der Waals surface area contributed by atoms with Crippen LogP contribution in [0, 0.1) is 0 Å². The largest absolute Gasteiger partial charge is 0.491 e. The molecule has 0 aliphatic heterocycles. The first kappa shape index (κ1) is 13.4.